The molecule has 0 spiro atoms. The van der Waals surface area contributed by atoms with E-state index in [0.717, 1.165) is 5.56 Å². The fraction of sp³-hybridized carbons (Fsp3) is 0.515. The van der Waals surface area contributed by atoms with Crippen LogP contribution in [0.5, 0.6) is 0 Å². The number of nitrogens with one attached hydrogen (secondary N) is 2. The van der Waals surface area contributed by atoms with Gasteiger partial charge in [0.25, 0.3) is 0 Å². The zero-order valence-electron chi connectivity index (χ0n) is 25.8. The largest absolute Gasteiger partial charge is 0.480 e. The number of carbonyl (C=O) groups is 4. The van der Waals surface area contributed by atoms with Crippen LogP contribution in [0, 0.1) is 17.5 Å². The minimum Gasteiger partial charge on any atom is -0.480 e. The minimum atomic E-state index is -1.33. The smallest absolute Gasteiger partial charge is 0.326 e. The van der Waals surface area contributed by atoms with Crippen molar-refractivity contribution in [2.24, 2.45) is 5.73 Å². The summed E-state index contributed by atoms with van der Waals surface area (Å²) in [7, 11) is 0. The second-order valence-electron chi connectivity index (χ2n) is 12.1. The number of ether oxygens (including phenoxy) is 1. The van der Waals surface area contributed by atoms with Crippen molar-refractivity contribution in [2.45, 2.75) is 94.4 Å². The van der Waals surface area contributed by atoms with Gasteiger partial charge in [0.15, 0.2) is 11.6 Å². The van der Waals surface area contributed by atoms with Gasteiger partial charge in [0.1, 0.15) is 17.9 Å². The number of hydrogen-bond donors (Lipinski definition) is 4. The number of benzene rings is 2. The van der Waals surface area contributed by atoms with E-state index in [-0.39, 0.29) is 38.0 Å². The highest BCUT2D eigenvalue weighted by atomic mass is 19.2. The Labute approximate surface area is 265 Å². The lowest BCUT2D eigenvalue weighted by Gasteiger charge is -2.37. The first-order valence-electron chi connectivity index (χ1n) is 15.6. The van der Waals surface area contributed by atoms with E-state index in [9.17, 15) is 37.5 Å². The lowest BCUT2D eigenvalue weighted by molar-refractivity contribution is -0.153. The third-order valence-electron chi connectivity index (χ3n) is 8.68. The highest BCUT2D eigenvalue weighted by molar-refractivity contribution is 5.92. The Balaban J connectivity index is 1.43. The first kappa shape index (κ1) is 34.9. The van der Waals surface area contributed by atoms with Crippen LogP contribution in [0.4, 0.5) is 13.2 Å². The summed E-state index contributed by atoms with van der Waals surface area (Å²) in [5.74, 6) is -6.27. The molecule has 5 N–H and O–H groups in total. The van der Waals surface area contributed by atoms with Crippen LogP contribution in [0.15, 0.2) is 42.5 Å². The average Bonchev–Trinajstić information content (AvgIpc) is 3.66. The molecule has 0 aromatic heterocycles. The van der Waals surface area contributed by atoms with Gasteiger partial charge in [-0.1, -0.05) is 43.2 Å². The predicted molar refractivity (Wildman–Crippen MR) is 162 cm³/mol. The molecule has 1 aliphatic carbocycles. The van der Waals surface area contributed by atoms with Crippen molar-refractivity contribution in [1.82, 2.24) is 15.5 Å². The summed E-state index contributed by atoms with van der Waals surface area (Å²) < 4.78 is 46.2. The van der Waals surface area contributed by atoms with Gasteiger partial charge >= 0.3 is 11.9 Å². The topological polar surface area (TPSA) is 151 Å². The molecule has 1 saturated carbocycles. The maximum atomic E-state index is 14.2. The second kappa shape index (κ2) is 15.5. The van der Waals surface area contributed by atoms with Crippen molar-refractivity contribution in [1.29, 1.82) is 0 Å². The number of carboxylic acid groups (broad SMARTS) is 1. The van der Waals surface area contributed by atoms with Gasteiger partial charge in [-0.25, -0.2) is 18.0 Å². The number of carboxylic acids is 1. The summed E-state index contributed by atoms with van der Waals surface area (Å²) in [6.07, 6.45) is 2.56. The Bertz CT molecular complexity index is 1410. The Hall–Kier alpha value is -3.97. The molecule has 46 heavy (non-hydrogen) atoms. The number of amides is 2. The molecule has 2 aromatic rings. The number of halogens is 3. The summed E-state index contributed by atoms with van der Waals surface area (Å²) in [4.78, 5) is 53.6. The van der Waals surface area contributed by atoms with Gasteiger partial charge in [-0.15, -0.1) is 0 Å². The molecule has 1 aliphatic heterocycles. The molecule has 2 amide bonds. The molecule has 4 atom stereocenters. The summed E-state index contributed by atoms with van der Waals surface area (Å²) >= 11 is 0. The Morgan fingerprint density at radius 1 is 1.07 bits per heavy atom. The monoisotopic (exact) mass is 646 g/mol. The molecule has 1 saturated heterocycles. The molecule has 13 heteroatoms. The first-order valence-corrected chi connectivity index (χ1v) is 15.6. The molecule has 4 rings (SSSR count). The number of rotatable bonds is 14. The molecule has 10 nitrogen and oxygen atoms in total. The number of carbonyl (C=O) groups excluding carboxylic acids is 3. The lowest BCUT2D eigenvalue weighted by atomic mass is 9.92. The van der Waals surface area contributed by atoms with Crippen LogP contribution in [0.3, 0.4) is 0 Å². The maximum Gasteiger partial charge on any atom is 0.326 e. The summed E-state index contributed by atoms with van der Waals surface area (Å²) in [5, 5.41) is 16.0. The standard InChI is InChI=1S/C33H41F3N4O6/c1-2-46-31(44)27(11-10-20-8-4-3-5-9-20)39-33(12-6-7-13-33)32(45)40-19-23(17-28(40)30(42)43)38-29(41)16-22(37)14-21-15-25(35)26(36)18-24(21)34/h3-5,8-9,15,18,22-23,27-28,39H,2,6-7,10-14,16-17,19,37H2,1H3,(H,38,41)(H,42,43)/t22-,23+,27+,28+/m1/s1. The predicted octanol–water partition coefficient (Wildman–Crippen LogP) is 3.00. The van der Waals surface area contributed by atoms with E-state index in [0.29, 0.717) is 50.7 Å². The van der Waals surface area contributed by atoms with Crippen LogP contribution in [-0.2, 0) is 36.8 Å². The average molecular weight is 647 g/mol. The molecule has 0 radical (unpaired) electrons. The van der Waals surface area contributed by atoms with Crippen molar-refractivity contribution in [2.75, 3.05) is 13.2 Å². The molecule has 1 heterocycles. The van der Waals surface area contributed by atoms with Crippen LogP contribution < -0.4 is 16.4 Å². The highest BCUT2D eigenvalue weighted by Crippen LogP contribution is 2.35. The van der Waals surface area contributed by atoms with Crippen molar-refractivity contribution < 1.29 is 42.2 Å². The van der Waals surface area contributed by atoms with Gasteiger partial charge in [-0.3, -0.25) is 19.7 Å². The van der Waals surface area contributed by atoms with Crippen LogP contribution in [0.25, 0.3) is 0 Å². The zero-order valence-corrected chi connectivity index (χ0v) is 25.8. The number of nitrogens with two attached hydrogens (primary N) is 1. The van der Waals surface area contributed by atoms with Crippen LogP contribution >= 0.6 is 0 Å². The van der Waals surface area contributed by atoms with Crippen molar-refractivity contribution in [3.05, 3.63) is 71.0 Å². The second-order valence-corrected chi connectivity index (χ2v) is 12.1. The van der Waals surface area contributed by atoms with Crippen molar-refractivity contribution in [3.63, 3.8) is 0 Å². The van der Waals surface area contributed by atoms with Crippen molar-refractivity contribution >= 4 is 23.8 Å². The van der Waals surface area contributed by atoms with Crippen LogP contribution in [-0.4, -0.2) is 76.6 Å². The van der Waals surface area contributed by atoms with E-state index < -0.39 is 70.9 Å². The fourth-order valence-corrected chi connectivity index (χ4v) is 6.45. The number of esters is 1. The molecule has 2 fully saturated rings. The number of nitrogens with zero attached hydrogens (tertiary/aromatic N) is 1. The van der Waals surface area contributed by atoms with Gasteiger partial charge in [0.2, 0.25) is 11.8 Å². The van der Waals surface area contributed by atoms with E-state index in [1.807, 2.05) is 30.3 Å². The van der Waals surface area contributed by atoms with E-state index in [1.165, 1.54) is 4.90 Å². The summed E-state index contributed by atoms with van der Waals surface area (Å²) in [6.45, 7) is 1.79. The Morgan fingerprint density at radius 3 is 2.39 bits per heavy atom. The fourth-order valence-electron chi connectivity index (χ4n) is 6.45. The number of likely N-dealkylation sites (tertiary alicyclic amines) is 1. The third-order valence-corrected chi connectivity index (χ3v) is 8.68. The van der Waals surface area contributed by atoms with Crippen LogP contribution in [0.1, 0.15) is 63.0 Å². The molecule has 250 valence electrons. The SMILES string of the molecule is CCOC(=O)[C@H](CCc1ccccc1)NC1(C(=O)N2C[C@@H](NC(=O)C[C@H](N)Cc3cc(F)c(F)cc3F)C[C@H]2C(=O)O)CCCC1. The molecule has 0 bridgehead atoms. The van der Waals surface area contributed by atoms with Gasteiger partial charge < -0.3 is 25.8 Å². The van der Waals surface area contributed by atoms with Gasteiger partial charge in [0.05, 0.1) is 12.1 Å². The zero-order chi connectivity index (χ0) is 33.4. The highest BCUT2D eigenvalue weighted by Gasteiger charge is 2.51. The van der Waals surface area contributed by atoms with E-state index in [4.69, 9.17) is 10.5 Å². The normalized spacial score (nSPS) is 20.2. The third kappa shape index (κ3) is 8.64. The molecular formula is C33H41F3N4O6. The Morgan fingerprint density at radius 2 is 1.74 bits per heavy atom. The number of hydrogen-bond acceptors (Lipinski definition) is 7. The number of aliphatic carboxylic acids is 1. The number of aryl methyl sites for hydroxylation is 1. The van der Waals surface area contributed by atoms with Gasteiger partial charge in [0, 0.05) is 37.5 Å². The van der Waals surface area contributed by atoms with E-state index in [2.05, 4.69) is 10.6 Å². The minimum absolute atomic E-state index is 0.0504. The molecular weight excluding hydrogens is 605 g/mol. The van der Waals surface area contributed by atoms with Gasteiger partial charge in [-0.05, 0) is 56.2 Å². The Kier molecular flexibility index (Phi) is 11.8. The quantitative estimate of drug-likeness (QED) is 0.181. The summed E-state index contributed by atoms with van der Waals surface area (Å²) in [6, 6.07) is 7.05. The summed E-state index contributed by atoms with van der Waals surface area (Å²) in [5.41, 5.74) is 5.65. The molecule has 2 aliphatic rings. The lowest BCUT2D eigenvalue weighted by Crippen LogP contribution is -2.62. The van der Waals surface area contributed by atoms with E-state index >= 15 is 0 Å². The van der Waals surface area contributed by atoms with E-state index in [1.54, 1.807) is 6.92 Å². The van der Waals surface area contributed by atoms with Crippen LogP contribution in [0.2, 0.25) is 0 Å². The molecule has 2 aromatic carbocycles. The maximum absolute atomic E-state index is 14.2. The first-order chi connectivity index (χ1) is 21.9. The van der Waals surface area contributed by atoms with Crippen molar-refractivity contribution in [3.8, 4) is 0 Å². The molecule has 0 unspecified atom stereocenters. The van der Waals surface area contributed by atoms with Gasteiger partial charge in [-0.2, -0.15) is 0 Å².